The quantitative estimate of drug-likeness (QED) is 0.823. The van der Waals surface area contributed by atoms with E-state index in [0.717, 1.165) is 25.8 Å². The first-order valence-corrected chi connectivity index (χ1v) is 7.20. The zero-order valence-electron chi connectivity index (χ0n) is 12.4. The number of aryl methyl sites for hydroxylation is 1. The van der Waals surface area contributed by atoms with Gasteiger partial charge in [0.05, 0.1) is 35.3 Å². The second-order valence-electron chi connectivity index (χ2n) is 5.08. The Bertz CT molecular complexity index is 586. The second kappa shape index (κ2) is 6.55. The Morgan fingerprint density at radius 3 is 2.90 bits per heavy atom. The number of esters is 1. The van der Waals surface area contributed by atoms with Crippen LogP contribution in [-0.2, 0) is 4.74 Å². The van der Waals surface area contributed by atoms with E-state index >= 15 is 0 Å². The number of ether oxygens (including phenoxy) is 1. The molecule has 1 aromatic rings. The molecule has 1 aromatic heterocycles. The number of piperidine rings is 1. The minimum atomic E-state index is -0.528. The van der Waals surface area contributed by atoms with Crippen LogP contribution in [0.2, 0.25) is 0 Å². The van der Waals surface area contributed by atoms with Crippen LogP contribution in [0.3, 0.4) is 0 Å². The molecular weight excluding hydrogens is 268 g/mol. The standard InChI is InChI=1S/C15H20N4O2/c1-3-21-15(20)12-9(2)19-14(10(8-16)13(12)17)11-6-4-5-7-18-11/h11,18H,3-7H2,1-2H3,(H2,17,19). The van der Waals surface area contributed by atoms with E-state index in [9.17, 15) is 10.1 Å². The monoisotopic (exact) mass is 288 g/mol. The molecule has 0 bridgehead atoms. The van der Waals surface area contributed by atoms with Crippen LogP contribution in [0.5, 0.6) is 0 Å². The molecule has 1 atom stereocenters. The van der Waals surface area contributed by atoms with Crippen molar-refractivity contribution in [1.82, 2.24) is 10.3 Å². The van der Waals surface area contributed by atoms with Gasteiger partial charge in [0.1, 0.15) is 11.6 Å². The van der Waals surface area contributed by atoms with Gasteiger partial charge >= 0.3 is 5.97 Å². The van der Waals surface area contributed by atoms with Gasteiger partial charge in [-0.15, -0.1) is 0 Å². The highest BCUT2D eigenvalue weighted by Crippen LogP contribution is 2.30. The van der Waals surface area contributed by atoms with Gasteiger partial charge in [0, 0.05) is 0 Å². The Morgan fingerprint density at radius 2 is 2.33 bits per heavy atom. The lowest BCUT2D eigenvalue weighted by atomic mass is 9.95. The highest BCUT2D eigenvalue weighted by atomic mass is 16.5. The van der Waals surface area contributed by atoms with Gasteiger partial charge < -0.3 is 15.8 Å². The summed E-state index contributed by atoms with van der Waals surface area (Å²) < 4.78 is 4.99. The van der Waals surface area contributed by atoms with E-state index in [-0.39, 0.29) is 29.5 Å². The molecule has 21 heavy (non-hydrogen) atoms. The first-order chi connectivity index (χ1) is 10.1. The van der Waals surface area contributed by atoms with Crippen molar-refractivity contribution >= 4 is 11.7 Å². The average Bonchev–Trinajstić information content (AvgIpc) is 2.48. The van der Waals surface area contributed by atoms with Crippen molar-refractivity contribution < 1.29 is 9.53 Å². The van der Waals surface area contributed by atoms with Gasteiger partial charge in [-0.05, 0) is 33.2 Å². The lowest BCUT2D eigenvalue weighted by Crippen LogP contribution is -2.29. The van der Waals surface area contributed by atoms with E-state index in [1.54, 1.807) is 13.8 Å². The Morgan fingerprint density at radius 1 is 1.57 bits per heavy atom. The van der Waals surface area contributed by atoms with Gasteiger partial charge in [-0.3, -0.25) is 4.98 Å². The Labute approximate surface area is 124 Å². The van der Waals surface area contributed by atoms with E-state index in [2.05, 4.69) is 16.4 Å². The number of nitriles is 1. The van der Waals surface area contributed by atoms with Gasteiger partial charge in [-0.2, -0.15) is 5.26 Å². The number of hydrogen-bond acceptors (Lipinski definition) is 6. The fraction of sp³-hybridized carbons (Fsp3) is 0.533. The van der Waals surface area contributed by atoms with Crippen LogP contribution in [0, 0.1) is 18.3 Å². The lowest BCUT2D eigenvalue weighted by Gasteiger charge is -2.25. The maximum Gasteiger partial charge on any atom is 0.342 e. The fourth-order valence-corrected chi connectivity index (χ4v) is 2.67. The number of nitrogens with zero attached hydrogens (tertiary/aromatic N) is 2. The predicted octanol–water partition coefficient (Wildman–Crippen LogP) is 1.84. The van der Waals surface area contributed by atoms with E-state index in [0.29, 0.717) is 11.4 Å². The SMILES string of the molecule is CCOC(=O)c1c(C)nc(C2CCCCN2)c(C#N)c1N. The summed E-state index contributed by atoms with van der Waals surface area (Å²) in [7, 11) is 0. The van der Waals surface area contributed by atoms with Crippen LogP contribution in [0.25, 0.3) is 0 Å². The number of rotatable bonds is 3. The van der Waals surface area contributed by atoms with Crippen LogP contribution >= 0.6 is 0 Å². The molecule has 1 saturated heterocycles. The molecule has 6 nitrogen and oxygen atoms in total. The molecule has 0 spiro atoms. The molecule has 0 aromatic carbocycles. The largest absolute Gasteiger partial charge is 0.462 e. The number of nitrogens with two attached hydrogens (primary N) is 1. The van der Waals surface area contributed by atoms with Crippen LogP contribution in [0.4, 0.5) is 5.69 Å². The zero-order chi connectivity index (χ0) is 15.4. The Balaban J connectivity index is 2.49. The van der Waals surface area contributed by atoms with E-state index in [4.69, 9.17) is 10.5 Å². The van der Waals surface area contributed by atoms with Crippen LogP contribution in [-0.4, -0.2) is 24.1 Å². The molecule has 112 valence electrons. The molecule has 0 amide bonds. The van der Waals surface area contributed by atoms with Crippen molar-refractivity contribution in [2.24, 2.45) is 0 Å². The van der Waals surface area contributed by atoms with Crippen LogP contribution in [0.15, 0.2) is 0 Å². The molecule has 1 aliphatic heterocycles. The van der Waals surface area contributed by atoms with Gasteiger partial charge in [0.25, 0.3) is 0 Å². The summed E-state index contributed by atoms with van der Waals surface area (Å²) in [5.41, 5.74) is 7.84. The van der Waals surface area contributed by atoms with Crippen LogP contribution < -0.4 is 11.1 Å². The summed E-state index contributed by atoms with van der Waals surface area (Å²) in [4.78, 5) is 16.4. The van der Waals surface area contributed by atoms with E-state index in [1.165, 1.54) is 0 Å². The smallest absolute Gasteiger partial charge is 0.342 e. The highest BCUT2D eigenvalue weighted by Gasteiger charge is 2.26. The lowest BCUT2D eigenvalue weighted by molar-refractivity contribution is 0.0526. The third kappa shape index (κ3) is 2.98. The molecule has 1 unspecified atom stereocenters. The summed E-state index contributed by atoms with van der Waals surface area (Å²) >= 11 is 0. The third-order valence-electron chi connectivity index (χ3n) is 3.68. The number of hydrogen-bond donors (Lipinski definition) is 2. The number of pyridine rings is 1. The van der Waals surface area contributed by atoms with Crippen molar-refractivity contribution in [3.8, 4) is 6.07 Å². The molecule has 6 heteroatoms. The van der Waals surface area contributed by atoms with Gasteiger partial charge in [0.15, 0.2) is 0 Å². The first kappa shape index (κ1) is 15.3. The molecule has 0 saturated carbocycles. The van der Waals surface area contributed by atoms with E-state index in [1.807, 2.05) is 0 Å². The second-order valence-corrected chi connectivity index (χ2v) is 5.08. The van der Waals surface area contributed by atoms with Crippen molar-refractivity contribution in [3.05, 3.63) is 22.5 Å². The average molecular weight is 288 g/mol. The molecule has 2 heterocycles. The maximum absolute atomic E-state index is 12.0. The third-order valence-corrected chi connectivity index (χ3v) is 3.68. The number of carbonyl (C=O) groups excluding carboxylic acids is 1. The van der Waals surface area contributed by atoms with Gasteiger partial charge in [-0.1, -0.05) is 6.42 Å². The fourth-order valence-electron chi connectivity index (χ4n) is 2.67. The Hall–Kier alpha value is -2.13. The molecule has 1 fully saturated rings. The predicted molar refractivity (Wildman–Crippen MR) is 78.7 cm³/mol. The number of carbonyl (C=O) groups is 1. The normalized spacial score (nSPS) is 18.0. The number of anilines is 1. The van der Waals surface area contributed by atoms with Gasteiger partial charge in [0.2, 0.25) is 0 Å². The summed E-state index contributed by atoms with van der Waals surface area (Å²) in [6.45, 7) is 4.60. The maximum atomic E-state index is 12.0. The molecule has 2 rings (SSSR count). The zero-order valence-corrected chi connectivity index (χ0v) is 12.4. The van der Waals surface area contributed by atoms with Crippen molar-refractivity contribution in [2.45, 2.75) is 39.2 Å². The van der Waals surface area contributed by atoms with Crippen LogP contribution in [0.1, 0.15) is 59.5 Å². The highest BCUT2D eigenvalue weighted by molar-refractivity contribution is 5.97. The molecule has 1 aliphatic rings. The molecule has 0 aliphatic carbocycles. The summed E-state index contributed by atoms with van der Waals surface area (Å²) in [6.07, 6.45) is 3.12. The Kier molecular flexibility index (Phi) is 4.76. The molecule has 3 N–H and O–H groups in total. The topological polar surface area (TPSA) is 101 Å². The summed E-state index contributed by atoms with van der Waals surface area (Å²) in [6, 6.07) is 2.11. The number of nitrogens with one attached hydrogen (secondary N) is 1. The summed E-state index contributed by atoms with van der Waals surface area (Å²) in [5, 5.41) is 12.8. The minimum absolute atomic E-state index is 0.0191. The number of aromatic nitrogens is 1. The summed E-state index contributed by atoms with van der Waals surface area (Å²) in [5.74, 6) is -0.528. The van der Waals surface area contributed by atoms with Gasteiger partial charge in [-0.25, -0.2) is 4.79 Å². The first-order valence-electron chi connectivity index (χ1n) is 7.20. The molecular formula is C15H20N4O2. The van der Waals surface area contributed by atoms with E-state index < -0.39 is 5.97 Å². The van der Waals surface area contributed by atoms with Crippen molar-refractivity contribution in [1.29, 1.82) is 5.26 Å². The molecule has 0 radical (unpaired) electrons. The van der Waals surface area contributed by atoms with Crippen molar-refractivity contribution in [3.63, 3.8) is 0 Å². The number of nitrogen functional groups attached to an aromatic ring is 1. The minimum Gasteiger partial charge on any atom is -0.462 e. The van der Waals surface area contributed by atoms with Crippen molar-refractivity contribution in [2.75, 3.05) is 18.9 Å².